The Morgan fingerprint density at radius 3 is 2.75 bits per heavy atom. The maximum absolute atomic E-state index is 13.1. The molecule has 3 heterocycles. The van der Waals surface area contributed by atoms with Crippen molar-refractivity contribution in [3.63, 3.8) is 0 Å². The van der Waals surface area contributed by atoms with Crippen molar-refractivity contribution in [2.45, 2.75) is 63.3 Å². The van der Waals surface area contributed by atoms with Crippen molar-refractivity contribution in [3.8, 4) is 5.75 Å². The summed E-state index contributed by atoms with van der Waals surface area (Å²) < 4.78 is 13.4. The van der Waals surface area contributed by atoms with Gasteiger partial charge in [-0.05, 0) is 54.5 Å². The van der Waals surface area contributed by atoms with E-state index in [2.05, 4.69) is 42.9 Å². The van der Waals surface area contributed by atoms with Gasteiger partial charge >= 0.3 is 0 Å². The molecule has 0 N–H and O–H groups in total. The maximum Gasteiger partial charge on any atom is 0.263 e. The molecule has 6 nitrogen and oxygen atoms in total. The van der Waals surface area contributed by atoms with Gasteiger partial charge in [-0.15, -0.1) is 0 Å². The van der Waals surface area contributed by atoms with Crippen LogP contribution in [0.25, 0.3) is 11.0 Å². The van der Waals surface area contributed by atoms with Crippen LogP contribution in [0.5, 0.6) is 5.75 Å². The second-order valence-corrected chi connectivity index (χ2v) is 10.2. The average molecular weight is 454 g/mol. The molecule has 1 aliphatic rings. The summed E-state index contributed by atoms with van der Waals surface area (Å²) in [6.07, 6.45) is 4.61. The fourth-order valence-electron chi connectivity index (χ4n) is 3.76. The zero-order valence-electron chi connectivity index (χ0n) is 19.0. The van der Waals surface area contributed by atoms with Crippen molar-refractivity contribution in [3.05, 3.63) is 58.5 Å². The van der Waals surface area contributed by atoms with E-state index < -0.39 is 0 Å². The minimum Gasteiger partial charge on any atom is -0.494 e. The lowest BCUT2D eigenvalue weighted by Crippen LogP contribution is -2.29. The summed E-state index contributed by atoms with van der Waals surface area (Å²) in [7, 11) is 0. The Balaban J connectivity index is 1.38. The van der Waals surface area contributed by atoms with Gasteiger partial charge < -0.3 is 9.47 Å². The molecule has 0 aliphatic carbocycles. The first-order valence-corrected chi connectivity index (χ1v) is 12.2. The number of hydrogen-bond donors (Lipinski definition) is 0. The van der Waals surface area contributed by atoms with E-state index in [1.807, 2.05) is 12.1 Å². The number of thioether (sulfide) groups is 1. The second kappa shape index (κ2) is 10.0. The molecule has 0 radical (unpaired) electrons. The van der Waals surface area contributed by atoms with Gasteiger partial charge in [0.25, 0.3) is 5.56 Å². The van der Waals surface area contributed by atoms with E-state index in [4.69, 9.17) is 9.47 Å². The number of fused-ring (bicyclic) bond motifs is 1. The highest BCUT2D eigenvalue weighted by Crippen LogP contribution is 2.25. The van der Waals surface area contributed by atoms with Crippen LogP contribution in [-0.2, 0) is 16.7 Å². The molecule has 1 unspecified atom stereocenters. The van der Waals surface area contributed by atoms with Gasteiger partial charge in [0, 0.05) is 18.6 Å². The smallest absolute Gasteiger partial charge is 0.263 e. The topological polar surface area (TPSA) is 66.2 Å². The molecular weight excluding hydrogens is 422 g/mol. The van der Waals surface area contributed by atoms with Crippen molar-refractivity contribution in [2.24, 2.45) is 0 Å². The summed E-state index contributed by atoms with van der Waals surface area (Å²) in [5, 5.41) is 1.25. The van der Waals surface area contributed by atoms with Crippen LogP contribution in [0, 0.1) is 0 Å². The molecule has 1 atom stereocenters. The summed E-state index contributed by atoms with van der Waals surface area (Å²) >= 11 is 1.58. The molecule has 1 aliphatic heterocycles. The van der Waals surface area contributed by atoms with Crippen molar-refractivity contribution in [1.82, 2.24) is 14.5 Å². The highest BCUT2D eigenvalue weighted by Gasteiger charge is 2.20. The van der Waals surface area contributed by atoms with Crippen molar-refractivity contribution >= 4 is 22.8 Å². The third-order valence-corrected chi connectivity index (χ3v) is 6.68. The molecule has 7 heteroatoms. The first-order chi connectivity index (χ1) is 15.4. The molecule has 4 rings (SSSR count). The number of hydrogen-bond acceptors (Lipinski definition) is 6. The number of rotatable bonds is 8. The third kappa shape index (κ3) is 5.51. The van der Waals surface area contributed by atoms with Gasteiger partial charge in [-0.2, -0.15) is 0 Å². The first-order valence-electron chi connectivity index (χ1n) is 11.2. The molecular formula is C25H31N3O3S. The molecule has 2 aromatic heterocycles. The SMILES string of the molecule is CC(C)(C)c1ccc(OCCCSc2nc3ncccc3c(=O)n2CC2CCCO2)cc1. The molecule has 0 spiro atoms. The van der Waals surface area contributed by atoms with E-state index in [9.17, 15) is 4.79 Å². The quantitative estimate of drug-likeness (QED) is 0.277. The van der Waals surface area contributed by atoms with Crippen molar-refractivity contribution < 1.29 is 9.47 Å². The Morgan fingerprint density at radius 1 is 1.22 bits per heavy atom. The van der Waals surface area contributed by atoms with Gasteiger partial charge in [-0.1, -0.05) is 44.7 Å². The Morgan fingerprint density at radius 2 is 2.03 bits per heavy atom. The number of aromatic nitrogens is 3. The zero-order chi connectivity index (χ0) is 22.6. The number of ether oxygens (including phenoxy) is 2. The highest BCUT2D eigenvalue weighted by atomic mass is 32.2. The molecule has 32 heavy (non-hydrogen) atoms. The summed E-state index contributed by atoms with van der Waals surface area (Å²) in [5.41, 5.74) is 1.88. The molecule has 0 amide bonds. The van der Waals surface area contributed by atoms with Crippen LogP contribution in [0.2, 0.25) is 0 Å². The Kier molecular flexibility index (Phi) is 7.16. The van der Waals surface area contributed by atoms with Gasteiger partial charge in [0.05, 0.1) is 24.6 Å². The Hall–Kier alpha value is -2.38. The third-order valence-electron chi connectivity index (χ3n) is 5.61. The van der Waals surface area contributed by atoms with E-state index in [0.717, 1.165) is 37.4 Å². The van der Waals surface area contributed by atoms with Crippen LogP contribution in [0.4, 0.5) is 0 Å². The van der Waals surface area contributed by atoms with Crippen molar-refractivity contribution in [1.29, 1.82) is 0 Å². The lowest BCUT2D eigenvalue weighted by Gasteiger charge is -2.19. The molecule has 0 saturated carbocycles. The predicted molar refractivity (Wildman–Crippen MR) is 129 cm³/mol. The molecule has 170 valence electrons. The van der Waals surface area contributed by atoms with E-state index in [1.54, 1.807) is 34.7 Å². The van der Waals surface area contributed by atoms with Crippen LogP contribution in [0.15, 0.2) is 52.5 Å². The minimum atomic E-state index is -0.0451. The van der Waals surface area contributed by atoms with Crippen LogP contribution in [-0.4, -0.2) is 39.6 Å². The average Bonchev–Trinajstić information content (AvgIpc) is 3.29. The van der Waals surface area contributed by atoms with Crippen LogP contribution < -0.4 is 10.3 Å². The molecule has 3 aromatic rings. The lowest BCUT2D eigenvalue weighted by molar-refractivity contribution is 0.0937. The van der Waals surface area contributed by atoms with Gasteiger partial charge in [-0.25, -0.2) is 9.97 Å². The lowest BCUT2D eigenvalue weighted by atomic mass is 9.87. The predicted octanol–water partition coefficient (Wildman–Crippen LogP) is 4.83. The molecule has 1 fully saturated rings. The number of pyridine rings is 1. The van der Waals surface area contributed by atoms with Gasteiger partial charge in [0.1, 0.15) is 5.75 Å². The van der Waals surface area contributed by atoms with E-state index in [-0.39, 0.29) is 17.1 Å². The molecule has 1 aromatic carbocycles. The summed E-state index contributed by atoms with van der Waals surface area (Å²) in [6.45, 7) is 8.52. The van der Waals surface area contributed by atoms with Crippen molar-refractivity contribution in [2.75, 3.05) is 19.0 Å². The number of nitrogens with zero attached hydrogens (tertiary/aromatic N) is 3. The zero-order valence-corrected chi connectivity index (χ0v) is 19.9. The van der Waals surface area contributed by atoms with Gasteiger partial charge in [0.15, 0.2) is 10.8 Å². The summed E-state index contributed by atoms with van der Waals surface area (Å²) in [5.74, 6) is 1.68. The molecule has 1 saturated heterocycles. The van der Waals surface area contributed by atoms with Gasteiger partial charge in [-0.3, -0.25) is 9.36 Å². The Bertz CT molecular complexity index is 1100. The summed E-state index contributed by atoms with van der Waals surface area (Å²) in [6, 6.07) is 11.9. The van der Waals surface area contributed by atoms with Crippen LogP contribution in [0.1, 0.15) is 45.6 Å². The Labute approximate surface area is 193 Å². The van der Waals surface area contributed by atoms with E-state index in [0.29, 0.717) is 29.3 Å². The second-order valence-electron chi connectivity index (χ2n) is 9.14. The van der Waals surface area contributed by atoms with Crippen LogP contribution in [0.3, 0.4) is 0 Å². The first kappa shape index (κ1) is 22.8. The highest BCUT2D eigenvalue weighted by molar-refractivity contribution is 7.99. The summed E-state index contributed by atoms with van der Waals surface area (Å²) in [4.78, 5) is 22.1. The molecule has 0 bridgehead atoms. The maximum atomic E-state index is 13.1. The fourth-order valence-corrected chi connectivity index (χ4v) is 4.67. The number of benzene rings is 1. The van der Waals surface area contributed by atoms with E-state index >= 15 is 0 Å². The van der Waals surface area contributed by atoms with Crippen LogP contribution >= 0.6 is 11.8 Å². The fraction of sp³-hybridized carbons (Fsp3) is 0.480. The van der Waals surface area contributed by atoms with E-state index in [1.165, 1.54) is 5.56 Å². The largest absolute Gasteiger partial charge is 0.494 e. The standard InChI is InChI=1S/C25H31N3O3S/c1-25(2,3)18-9-11-19(12-10-18)30-15-6-16-32-24-27-22-21(8-4-13-26-22)23(29)28(24)17-20-7-5-14-31-20/h4,8-13,20H,5-7,14-17H2,1-3H3. The minimum absolute atomic E-state index is 0.0451. The normalized spacial score (nSPS) is 16.5. The monoisotopic (exact) mass is 453 g/mol. The van der Waals surface area contributed by atoms with Gasteiger partial charge in [0.2, 0.25) is 0 Å².